The smallest absolute Gasteiger partial charge is 0.169 e. The summed E-state index contributed by atoms with van der Waals surface area (Å²) >= 11 is 0. The first kappa shape index (κ1) is 8.23. The van der Waals surface area contributed by atoms with E-state index in [2.05, 4.69) is 5.16 Å². The molecule has 11 heavy (non-hydrogen) atoms. The Kier molecular flexibility index (Phi) is 1.97. The molecule has 4 heteroatoms. The van der Waals surface area contributed by atoms with Gasteiger partial charge >= 0.3 is 0 Å². The maximum atomic E-state index is 9.55. The Bertz CT molecular complexity index is 242. The lowest BCUT2D eigenvalue weighted by molar-refractivity contribution is 0.0370. The van der Waals surface area contributed by atoms with Crippen LogP contribution in [0.2, 0.25) is 0 Å². The molecule has 1 rings (SSSR count). The van der Waals surface area contributed by atoms with E-state index >= 15 is 0 Å². The first-order valence-electron chi connectivity index (χ1n) is 3.42. The molecule has 0 saturated carbocycles. The molecule has 1 aromatic rings. The number of aryl methyl sites for hydroxylation is 1. The van der Waals surface area contributed by atoms with Crippen molar-refractivity contribution in [1.29, 1.82) is 0 Å². The summed E-state index contributed by atoms with van der Waals surface area (Å²) < 4.78 is 4.84. The molecule has 0 bridgehead atoms. The van der Waals surface area contributed by atoms with Crippen molar-refractivity contribution < 1.29 is 9.63 Å². The van der Waals surface area contributed by atoms with Gasteiger partial charge in [-0.2, -0.15) is 0 Å². The van der Waals surface area contributed by atoms with Gasteiger partial charge in [-0.25, -0.2) is 0 Å². The number of rotatable bonds is 2. The van der Waals surface area contributed by atoms with E-state index in [0.29, 0.717) is 5.76 Å². The van der Waals surface area contributed by atoms with Crippen molar-refractivity contribution in [2.75, 3.05) is 6.54 Å². The van der Waals surface area contributed by atoms with E-state index in [-0.39, 0.29) is 6.54 Å². The van der Waals surface area contributed by atoms with Crippen LogP contribution >= 0.6 is 0 Å². The van der Waals surface area contributed by atoms with Crippen LogP contribution in [0.25, 0.3) is 0 Å². The SMILES string of the molecule is Cc1cc(C(C)(O)CN)on1. The summed E-state index contributed by atoms with van der Waals surface area (Å²) in [4.78, 5) is 0. The van der Waals surface area contributed by atoms with Crippen molar-refractivity contribution in [3.8, 4) is 0 Å². The van der Waals surface area contributed by atoms with E-state index in [0.717, 1.165) is 5.69 Å². The molecule has 3 N–H and O–H groups in total. The molecule has 0 amide bonds. The Balaban J connectivity index is 2.92. The van der Waals surface area contributed by atoms with Crippen molar-refractivity contribution in [3.63, 3.8) is 0 Å². The van der Waals surface area contributed by atoms with Crippen LogP contribution in [0.15, 0.2) is 10.6 Å². The van der Waals surface area contributed by atoms with E-state index in [1.54, 1.807) is 19.9 Å². The Hall–Kier alpha value is -0.870. The number of hydrogen-bond acceptors (Lipinski definition) is 4. The molecule has 0 radical (unpaired) electrons. The minimum atomic E-state index is -1.10. The van der Waals surface area contributed by atoms with Crippen LogP contribution in [0.4, 0.5) is 0 Å². The number of nitrogens with two attached hydrogens (primary N) is 1. The molecule has 1 unspecified atom stereocenters. The minimum Gasteiger partial charge on any atom is -0.381 e. The van der Waals surface area contributed by atoms with Gasteiger partial charge in [0, 0.05) is 12.6 Å². The lowest BCUT2D eigenvalue weighted by atomic mass is 10.0. The summed E-state index contributed by atoms with van der Waals surface area (Å²) in [5.74, 6) is 0.414. The normalized spacial score (nSPS) is 16.4. The van der Waals surface area contributed by atoms with Crippen LogP contribution < -0.4 is 5.73 Å². The van der Waals surface area contributed by atoms with Gasteiger partial charge in [-0.05, 0) is 13.8 Å². The molecule has 0 spiro atoms. The zero-order valence-corrected chi connectivity index (χ0v) is 6.66. The first-order valence-corrected chi connectivity index (χ1v) is 3.42. The second-order valence-corrected chi connectivity index (χ2v) is 2.81. The highest BCUT2D eigenvalue weighted by atomic mass is 16.5. The average Bonchev–Trinajstić information content (AvgIpc) is 2.36. The third-order valence-corrected chi connectivity index (χ3v) is 1.56. The van der Waals surface area contributed by atoms with Crippen LogP contribution in [0, 0.1) is 6.92 Å². The molecule has 0 aliphatic rings. The molecule has 1 aromatic heterocycles. The molecule has 0 saturated heterocycles. The van der Waals surface area contributed by atoms with Crippen molar-refractivity contribution >= 4 is 0 Å². The van der Waals surface area contributed by atoms with Crippen molar-refractivity contribution in [2.24, 2.45) is 5.73 Å². The van der Waals surface area contributed by atoms with E-state index in [1.165, 1.54) is 0 Å². The topological polar surface area (TPSA) is 72.3 Å². The van der Waals surface area contributed by atoms with Crippen LogP contribution in [-0.4, -0.2) is 16.8 Å². The highest BCUT2D eigenvalue weighted by Gasteiger charge is 2.25. The molecule has 0 aliphatic carbocycles. The van der Waals surface area contributed by atoms with Crippen LogP contribution in [0.5, 0.6) is 0 Å². The van der Waals surface area contributed by atoms with Crippen molar-refractivity contribution in [2.45, 2.75) is 19.4 Å². The maximum Gasteiger partial charge on any atom is 0.169 e. The lowest BCUT2D eigenvalue weighted by Gasteiger charge is -2.15. The third kappa shape index (κ3) is 1.58. The summed E-state index contributed by atoms with van der Waals surface area (Å²) in [6.07, 6.45) is 0. The zero-order chi connectivity index (χ0) is 8.48. The summed E-state index contributed by atoms with van der Waals surface area (Å²) in [6, 6.07) is 1.67. The fourth-order valence-electron chi connectivity index (χ4n) is 0.718. The predicted molar refractivity (Wildman–Crippen MR) is 39.9 cm³/mol. The quantitative estimate of drug-likeness (QED) is 0.639. The fourth-order valence-corrected chi connectivity index (χ4v) is 0.718. The lowest BCUT2D eigenvalue weighted by Crippen LogP contribution is -2.30. The van der Waals surface area contributed by atoms with Gasteiger partial charge in [-0.1, -0.05) is 5.16 Å². The second-order valence-electron chi connectivity index (χ2n) is 2.81. The highest BCUT2D eigenvalue weighted by molar-refractivity contribution is 5.10. The highest BCUT2D eigenvalue weighted by Crippen LogP contribution is 2.19. The molecular weight excluding hydrogens is 144 g/mol. The van der Waals surface area contributed by atoms with E-state index < -0.39 is 5.60 Å². The maximum absolute atomic E-state index is 9.55. The number of aromatic nitrogens is 1. The summed E-state index contributed by atoms with van der Waals surface area (Å²) in [7, 11) is 0. The second kappa shape index (κ2) is 2.64. The van der Waals surface area contributed by atoms with Gasteiger partial charge in [-0.3, -0.25) is 0 Å². The van der Waals surface area contributed by atoms with Crippen LogP contribution in [0.3, 0.4) is 0 Å². The molecule has 1 atom stereocenters. The first-order chi connectivity index (χ1) is 5.06. The Labute approximate surface area is 65.0 Å². The Morgan fingerprint density at radius 2 is 2.45 bits per heavy atom. The molecule has 0 aliphatic heterocycles. The third-order valence-electron chi connectivity index (χ3n) is 1.56. The van der Waals surface area contributed by atoms with Crippen molar-refractivity contribution in [1.82, 2.24) is 5.16 Å². The average molecular weight is 156 g/mol. The van der Waals surface area contributed by atoms with Gasteiger partial charge in [0.05, 0.1) is 5.69 Å². The van der Waals surface area contributed by atoms with Gasteiger partial charge in [0.15, 0.2) is 5.76 Å². The summed E-state index contributed by atoms with van der Waals surface area (Å²) in [5.41, 5.74) is 4.96. The predicted octanol–water partition coefficient (Wildman–Crippen LogP) is 0.149. The zero-order valence-electron chi connectivity index (χ0n) is 6.66. The number of nitrogens with zero attached hydrogens (tertiary/aromatic N) is 1. The standard InChI is InChI=1S/C7H12N2O2/c1-5-3-6(11-9-5)7(2,10)4-8/h3,10H,4,8H2,1-2H3. The van der Waals surface area contributed by atoms with Gasteiger partial charge < -0.3 is 15.4 Å². The van der Waals surface area contributed by atoms with E-state index in [4.69, 9.17) is 10.3 Å². The number of aliphatic hydroxyl groups is 1. The largest absolute Gasteiger partial charge is 0.381 e. The monoisotopic (exact) mass is 156 g/mol. The van der Waals surface area contributed by atoms with Gasteiger partial charge in [0.25, 0.3) is 0 Å². The molecule has 0 fully saturated rings. The molecule has 62 valence electrons. The molecule has 0 aromatic carbocycles. The van der Waals surface area contributed by atoms with Crippen LogP contribution in [0.1, 0.15) is 18.4 Å². The Morgan fingerprint density at radius 1 is 1.82 bits per heavy atom. The summed E-state index contributed by atoms with van der Waals surface area (Å²) in [5, 5.41) is 13.2. The number of hydrogen-bond donors (Lipinski definition) is 2. The molecule has 1 heterocycles. The summed E-state index contributed by atoms with van der Waals surface area (Å²) in [6.45, 7) is 3.51. The van der Waals surface area contributed by atoms with Gasteiger partial charge in [-0.15, -0.1) is 0 Å². The Morgan fingerprint density at radius 3 is 2.82 bits per heavy atom. The van der Waals surface area contributed by atoms with E-state index in [9.17, 15) is 5.11 Å². The fraction of sp³-hybridized carbons (Fsp3) is 0.571. The van der Waals surface area contributed by atoms with E-state index in [1.807, 2.05) is 0 Å². The van der Waals surface area contributed by atoms with Gasteiger partial charge in [0.2, 0.25) is 0 Å². The van der Waals surface area contributed by atoms with Crippen molar-refractivity contribution in [3.05, 3.63) is 17.5 Å². The molecular formula is C7H12N2O2. The van der Waals surface area contributed by atoms with Crippen LogP contribution in [-0.2, 0) is 5.60 Å². The molecule has 4 nitrogen and oxygen atoms in total. The minimum absolute atomic E-state index is 0.127. The van der Waals surface area contributed by atoms with Gasteiger partial charge in [0.1, 0.15) is 5.60 Å².